The first-order valence-electron chi connectivity index (χ1n) is 9.37. The van der Waals surface area contributed by atoms with Crippen molar-refractivity contribution in [2.45, 2.75) is 46.1 Å². The van der Waals surface area contributed by atoms with Gasteiger partial charge in [-0.15, -0.1) is 5.10 Å². The first-order chi connectivity index (χ1) is 13.0. The first-order valence-corrected chi connectivity index (χ1v) is 9.37. The summed E-state index contributed by atoms with van der Waals surface area (Å²) in [5, 5.41) is 8.58. The number of hydrogen-bond donors (Lipinski definition) is 1. The minimum absolute atomic E-state index is 0.0608. The summed E-state index contributed by atoms with van der Waals surface area (Å²) in [4.78, 5) is 15.8. The van der Waals surface area contributed by atoms with Crippen LogP contribution in [-0.2, 0) is 11.3 Å². The lowest BCUT2D eigenvalue weighted by Crippen LogP contribution is -2.19. The predicted octanol–water partition coefficient (Wildman–Crippen LogP) is 4.36. The highest BCUT2D eigenvalue weighted by molar-refractivity contribution is 5.90. The maximum atomic E-state index is 15.1. The second kappa shape index (κ2) is 7.10. The van der Waals surface area contributed by atoms with Crippen molar-refractivity contribution in [2.75, 3.05) is 0 Å². The molecule has 0 fully saturated rings. The van der Waals surface area contributed by atoms with Crippen LogP contribution in [0.15, 0.2) is 30.6 Å². The number of benzene rings is 1. The second-order valence-corrected chi connectivity index (χ2v) is 7.39. The Morgan fingerprint density at radius 1 is 1.37 bits per heavy atom. The van der Waals surface area contributed by atoms with Crippen molar-refractivity contribution in [3.05, 3.63) is 53.2 Å². The van der Waals surface area contributed by atoms with Crippen molar-refractivity contribution in [3.8, 4) is 0 Å². The number of nitrogens with zero attached hydrogens (tertiary/aromatic N) is 3. The summed E-state index contributed by atoms with van der Waals surface area (Å²) >= 11 is 0. The quantitative estimate of drug-likeness (QED) is 0.730. The fourth-order valence-corrected chi connectivity index (χ4v) is 3.98. The van der Waals surface area contributed by atoms with Gasteiger partial charge in [-0.25, -0.2) is 4.39 Å². The fraction of sp³-hybridized carbons (Fsp3) is 0.381. The lowest BCUT2D eigenvalue weighted by molar-refractivity contribution is -0.123. The van der Waals surface area contributed by atoms with Gasteiger partial charge in [0.1, 0.15) is 5.78 Å². The Balaban J connectivity index is 1.54. The molecule has 2 aromatic heterocycles. The Kier molecular flexibility index (Phi) is 4.64. The molecule has 0 saturated heterocycles. The molecule has 1 aromatic carbocycles. The Morgan fingerprint density at radius 3 is 3.00 bits per heavy atom. The first kappa shape index (κ1) is 17.6. The summed E-state index contributed by atoms with van der Waals surface area (Å²) in [6.07, 6.45) is 8.09. The van der Waals surface area contributed by atoms with Crippen molar-refractivity contribution in [1.29, 1.82) is 0 Å². The van der Waals surface area contributed by atoms with E-state index in [0.717, 1.165) is 35.1 Å². The monoisotopic (exact) mass is 366 g/mol. The van der Waals surface area contributed by atoms with Gasteiger partial charge in [0.05, 0.1) is 11.7 Å². The predicted molar refractivity (Wildman–Crippen MR) is 103 cm³/mol. The number of carbonyl (C=O) groups is 1. The number of fused-ring (bicyclic) bond motifs is 1. The number of Topliss-reactive ketones (excluding diaryl/α,β-unsaturated/α-hetero) is 1. The summed E-state index contributed by atoms with van der Waals surface area (Å²) in [5.41, 5.74) is 4.11. The Labute approximate surface area is 157 Å². The van der Waals surface area contributed by atoms with Crippen LogP contribution in [0.5, 0.6) is 0 Å². The van der Waals surface area contributed by atoms with Crippen LogP contribution in [-0.4, -0.2) is 25.8 Å². The zero-order valence-corrected chi connectivity index (χ0v) is 15.6. The van der Waals surface area contributed by atoms with E-state index in [1.165, 1.54) is 0 Å². The van der Waals surface area contributed by atoms with Gasteiger partial charge < -0.3 is 4.98 Å². The molecule has 1 aliphatic carbocycles. The number of aryl methyl sites for hydroxylation is 3. The molecule has 140 valence electrons. The molecule has 2 heterocycles. The summed E-state index contributed by atoms with van der Waals surface area (Å²) < 4.78 is 16.8. The van der Waals surface area contributed by atoms with E-state index in [2.05, 4.69) is 21.4 Å². The maximum absolute atomic E-state index is 15.1. The lowest BCUT2D eigenvalue weighted by Gasteiger charge is -2.23. The summed E-state index contributed by atoms with van der Waals surface area (Å²) in [6, 6.07) is 3.89. The Hall–Kier alpha value is -2.76. The number of nitrogens with one attached hydrogen (secondary N) is 1. The molecule has 1 atom stereocenters. The minimum Gasteiger partial charge on any atom is -0.356 e. The molecule has 27 heavy (non-hydrogen) atoms. The van der Waals surface area contributed by atoms with Crippen molar-refractivity contribution >= 4 is 22.3 Å². The lowest BCUT2D eigenvalue weighted by atomic mass is 9.82. The molecule has 5 nitrogen and oxygen atoms in total. The molecule has 6 heteroatoms. The molecule has 0 bridgehead atoms. The Bertz CT molecular complexity index is 1020. The number of hydrogen-bond acceptors (Lipinski definition) is 3. The van der Waals surface area contributed by atoms with Crippen LogP contribution in [0.4, 0.5) is 4.39 Å². The highest BCUT2D eigenvalue weighted by atomic mass is 19.1. The van der Waals surface area contributed by atoms with Crippen LogP contribution in [0.1, 0.15) is 42.5 Å². The van der Waals surface area contributed by atoms with Gasteiger partial charge in [-0.1, -0.05) is 11.3 Å². The molecule has 1 aliphatic rings. The molecule has 1 unspecified atom stereocenters. The van der Waals surface area contributed by atoms with Crippen molar-refractivity contribution in [1.82, 2.24) is 20.0 Å². The van der Waals surface area contributed by atoms with Gasteiger partial charge in [0.15, 0.2) is 5.82 Å². The summed E-state index contributed by atoms with van der Waals surface area (Å²) in [6.45, 7) is 4.47. The van der Waals surface area contributed by atoms with E-state index in [0.29, 0.717) is 30.5 Å². The van der Waals surface area contributed by atoms with E-state index in [9.17, 15) is 4.79 Å². The Morgan fingerprint density at radius 2 is 2.22 bits per heavy atom. The zero-order valence-electron chi connectivity index (χ0n) is 15.6. The third-order valence-corrected chi connectivity index (χ3v) is 5.43. The van der Waals surface area contributed by atoms with Crippen LogP contribution in [0.2, 0.25) is 0 Å². The largest absolute Gasteiger partial charge is 0.356 e. The number of allylic oxidation sites excluding steroid dienone is 2. The molecule has 0 amide bonds. The molecule has 4 rings (SSSR count). The number of carbonyl (C=O) groups excluding carboxylic acids is 1. The number of halogens is 1. The van der Waals surface area contributed by atoms with Crippen LogP contribution in [0.25, 0.3) is 16.5 Å². The molecular formula is C21H23FN4O. The fourth-order valence-electron chi connectivity index (χ4n) is 3.98. The van der Waals surface area contributed by atoms with E-state index in [1.807, 2.05) is 26.0 Å². The van der Waals surface area contributed by atoms with Gasteiger partial charge >= 0.3 is 0 Å². The highest BCUT2D eigenvalue weighted by Crippen LogP contribution is 2.36. The number of ketones is 1. The molecule has 0 saturated carbocycles. The van der Waals surface area contributed by atoms with Gasteiger partial charge in [-0.2, -0.15) is 0 Å². The van der Waals surface area contributed by atoms with E-state index < -0.39 is 0 Å². The van der Waals surface area contributed by atoms with Gasteiger partial charge in [-0.05, 0) is 56.4 Å². The van der Waals surface area contributed by atoms with Crippen molar-refractivity contribution < 1.29 is 9.18 Å². The van der Waals surface area contributed by atoms with Gasteiger partial charge in [0.2, 0.25) is 0 Å². The number of aromatic nitrogens is 4. The average Bonchev–Trinajstić information content (AvgIpc) is 3.32. The smallest absolute Gasteiger partial charge is 0.154 e. The van der Waals surface area contributed by atoms with Gasteiger partial charge in [0, 0.05) is 41.7 Å². The third-order valence-electron chi connectivity index (χ3n) is 5.43. The molecular weight excluding hydrogens is 343 g/mol. The summed E-state index contributed by atoms with van der Waals surface area (Å²) in [7, 11) is 0. The molecule has 0 radical (unpaired) electrons. The number of rotatable bonds is 5. The topological polar surface area (TPSA) is 63.6 Å². The zero-order chi connectivity index (χ0) is 19.0. The standard InChI is InChI=1S/C21H23FN4O/c1-13-10-18(20(22)21-17(13)11-14(2)24-21)15-4-3-5-16(12-15)19(27)6-8-26-9-7-23-25-26/h4,7,9-11,16,24H,3,5-6,8,12H2,1-2H3. The highest BCUT2D eigenvalue weighted by Gasteiger charge is 2.25. The van der Waals surface area contributed by atoms with Gasteiger partial charge in [-0.3, -0.25) is 9.48 Å². The van der Waals surface area contributed by atoms with E-state index in [1.54, 1.807) is 17.1 Å². The third kappa shape index (κ3) is 3.44. The number of H-pyrrole nitrogens is 1. The summed E-state index contributed by atoms with van der Waals surface area (Å²) in [5.74, 6) is -0.0648. The van der Waals surface area contributed by atoms with Crippen LogP contribution in [0, 0.1) is 25.6 Å². The van der Waals surface area contributed by atoms with E-state index >= 15 is 4.39 Å². The molecule has 3 aromatic rings. The normalized spacial score (nSPS) is 17.3. The molecule has 0 spiro atoms. The minimum atomic E-state index is -0.217. The molecule has 0 aliphatic heterocycles. The molecule has 1 N–H and O–H groups in total. The van der Waals surface area contributed by atoms with Crippen LogP contribution in [0.3, 0.4) is 0 Å². The van der Waals surface area contributed by atoms with Crippen molar-refractivity contribution in [2.24, 2.45) is 5.92 Å². The van der Waals surface area contributed by atoms with E-state index in [4.69, 9.17) is 0 Å². The van der Waals surface area contributed by atoms with Crippen LogP contribution >= 0.6 is 0 Å². The average molecular weight is 366 g/mol. The number of aromatic amines is 1. The van der Waals surface area contributed by atoms with Crippen molar-refractivity contribution in [3.63, 3.8) is 0 Å². The maximum Gasteiger partial charge on any atom is 0.154 e. The van der Waals surface area contributed by atoms with Gasteiger partial charge in [0.25, 0.3) is 0 Å². The SMILES string of the molecule is Cc1cc2c(C)cc(C3=CCCC(C(=O)CCn4ccnn4)C3)c(F)c2[nH]1. The van der Waals surface area contributed by atoms with Crippen LogP contribution < -0.4 is 0 Å². The van der Waals surface area contributed by atoms with E-state index in [-0.39, 0.29) is 17.5 Å². The second-order valence-electron chi connectivity index (χ2n) is 7.39.